The molecular weight excluding hydrogens is 390 g/mol. The van der Waals surface area contributed by atoms with Gasteiger partial charge in [0, 0.05) is 28.9 Å². The SMILES string of the molecule is C[C@H]1N[C@]2(C(=O)Nc3ccc(Cl)cc32)[C@@H]2C(=O)N(CCc3ccccc3)C(=O)[C@@H]21. The zero-order valence-electron chi connectivity index (χ0n) is 15.8. The van der Waals surface area contributed by atoms with Crippen molar-refractivity contribution in [2.75, 3.05) is 11.9 Å². The molecule has 3 aliphatic heterocycles. The van der Waals surface area contributed by atoms with Gasteiger partial charge in [0.2, 0.25) is 17.7 Å². The van der Waals surface area contributed by atoms with Crippen LogP contribution in [-0.4, -0.2) is 35.2 Å². The quantitative estimate of drug-likeness (QED) is 0.762. The molecule has 0 aliphatic carbocycles. The van der Waals surface area contributed by atoms with Crippen LogP contribution in [0.5, 0.6) is 0 Å². The number of hydrogen-bond donors (Lipinski definition) is 2. The third kappa shape index (κ3) is 2.49. The van der Waals surface area contributed by atoms with Crippen LogP contribution in [0, 0.1) is 11.8 Å². The van der Waals surface area contributed by atoms with E-state index >= 15 is 0 Å². The summed E-state index contributed by atoms with van der Waals surface area (Å²) in [6, 6.07) is 14.6. The molecule has 2 aromatic carbocycles. The number of nitrogens with one attached hydrogen (secondary N) is 2. The van der Waals surface area contributed by atoms with E-state index in [9.17, 15) is 14.4 Å². The number of fused-ring (bicyclic) bond motifs is 4. The molecule has 148 valence electrons. The molecule has 6 nitrogen and oxygen atoms in total. The first-order chi connectivity index (χ1) is 13.9. The van der Waals surface area contributed by atoms with Crippen molar-refractivity contribution in [2.24, 2.45) is 11.8 Å². The van der Waals surface area contributed by atoms with E-state index in [-0.39, 0.29) is 23.8 Å². The molecule has 0 saturated carbocycles. The number of halogens is 1. The van der Waals surface area contributed by atoms with Gasteiger partial charge in [-0.2, -0.15) is 0 Å². The largest absolute Gasteiger partial charge is 0.324 e. The summed E-state index contributed by atoms with van der Waals surface area (Å²) in [6.45, 7) is 2.16. The van der Waals surface area contributed by atoms with Crippen LogP contribution in [0.1, 0.15) is 18.1 Å². The molecule has 2 fully saturated rings. The second kappa shape index (κ2) is 6.40. The van der Waals surface area contributed by atoms with Gasteiger partial charge < -0.3 is 5.32 Å². The minimum atomic E-state index is -1.27. The van der Waals surface area contributed by atoms with E-state index in [2.05, 4.69) is 10.6 Å². The second-order valence-electron chi connectivity index (χ2n) is 7.95. The second-order valence-corrected chi connectivity index (χ2v) is 8.39. The fourth-order valence-corrected chi connectivity index (χ4v) is 5.27. The summed E-state index contributed by atoms with van der Waals surface area (Å²) < 4.78 is 0. The molecule has 3 amide bonds. The number of likely N-dealkylation sites (tertiary alicyclic amines) is 1. The van der Waals surface area contributed by atoms with Crippen molar-refractivity contribution in [3.63, 3.8) is 0 Å². The van der Waals surface area contributed by atoms with Crippen molar-refractivity contribution in [1.29, 1.82) is 0 Å². The Morgan fingerprint density at radius 1 is 1.07 bits per heavy atom. The van der Waals surface area contributed by atoms with Crippen molar-refractivity contribution < 1.29 is 14.4 Å². The average molecular weight is 410 g/mol. The van der Waals surface area contributed by atoms with Gasteiger partial charge in [0.05, 0.1) is 11.8 Å². The molecule has 0 bridgehead atoms. The van der Waals surface area contributed by atoms with E-state index in [1.165, 1.54) is 4.90 Å². The van der Waals surface area contributed by atoms with Crippen molar-refractivity contribution in [3.8, 4) is 0 Å². The maximum absolute atomic E-state index is 13.4. The number of carbonyl (C=O) groups excluding carboxylic acids is 3. The Morgan fingerprint density at radius 2 is 1.83 bits per heavy atom. The Bertz CT molecular complexity index is 1040. The lowest BCUT2D eigenvalue weighted by Gasteiger charge is -2.29. The summed E-state index contributed by atoms with van der Waals surface area (Å²) in [6.07, 6.45) is 0.585. The average Bonchev–Trinajstić information content (AvgIpc) is 3.26. The molecule has 7 heteroatoms. The van der Waals surface area contributed by atoms with E-state index in [1.54, 1.807) is 18.2 Å². The van der Waals surface area contributed by atoms with Crippen LogP contribution in [0.3, 0.4) is 0 Å². The zero-order valence-corrected chi connectivity index (χ0v) is 16.6. The minimum absolute atomic E-state index is 0.212. The number of nitrogens with zero attached hydrogens (tertiary/aromatic N) is 1. The first kappa shape index (κ1) is 18.3. The monoisotopic (exact) mass is 409 g/mol. The minimum Gasteiger partial charge on any atom is -0.324 e. The number of amides is 3. The van der Waals surface area contributed by atoms with Crippen molar-refractivity contribution in [1.82, 2.24) is 10.2 Å². The van der Waals surface area contributed by atoms with Crippen LogP contribution < -0.4 is 10.6 Å². The number of anilines is 1. The molecule has 2 aromatic rings. The smallest absolute Gasteiger partial charge is 0.250 e. The van der Waals surface area contributed by atoms with E-state index in [0.29, 0.717) is 29.2 Å². The Kier molecular flexibility index (Phi) is 4.05. The summed E-state index contributed by atoms with van der Waals surface area (Å²) in [5, 5.41) is 6.62. The first-order valence-electron chi connectivity index (χ1n) is 9.72. The van der Waals surface area contributed by atoms with Gasteiger partial charge in [0.1, 0.15) is 5.54 Å². The Hall–Kier alpha value is -2.70. The van der Waals surface area contributed by atoms with E-state index in [4.69, 9.17) is 11.6 Å². The number of hydrogen-bond acceptors (Lipinski definition) is 4. The van der Waals surface area contributed by atoms with Crippen LogP contribution in [0.4, 0.5) is 5.69 Å². The molecule has 4 atom stereocenters. The van der Waals surface area contributed by atoms with Crippen LogP contribution in [-0.2, 0) is 26.3 Å². The van der Waals surface area contributed by atoms with Gasteiger partial charge in [-0.15, -0.1) is 0 Å². The molecular formula is C22H20ClN3O3. The lowest BCUT2D eigenvalue weighted by atomic mass is 9.76. The zero-order chi connectivity index (χ0) is 20.3. The van der Waals surface area contributed by atoms with Gasteiger partial charge in [-0.3, -0.25) is 24.6 Å². The molecule has 0 unspecified atom stereocenters. The van der Waals surface area contributed by atoms with E-state index in [0.717, 1.165) is 5.56 Å². The van der Waals surface area contributed by atoms with Crippen molar-refractivity contribution in [2.45, 2.75) is 24.9 Å². The summed E-state index contributed by atoms with van der Waals surface area (Å²) in [5.74, 6) is -2.17. The standard InChI is InChI=1S/C22H20ClN3O3/c1-12-17-18(20(28)26(19(17)27)10-9-13-5-3-2-4-6-13)22(25-12)15-11-14(23)7-8-16(15)24-21(22)29/h2-8,11-12,17-18,25H,9-10H2,1H3,(H,24,29)/t12-,17-,18+,22+/m1/s1. The summed E-state index contributed by atoms with van der Waals surface area (Å²) in [7, 11) is 0. The maximum atomic E-state index is 13.4. The molecule has 0 radical (unpaired) electrons. The van der Waals surface area contributed by atoms with Crippen molar-refractivity contribution in [3.05, 3.63) is 64.7 Å². The highest BCUT2D eigenvalue weighted by molar-refractivity contribution is 6.31. The fraction of sp³-hybridized carbons (Fsp3) is 0.318. The van der Waals surface area contributed by atoms with Gasteiger partial charge in [0.25, 0.3) is 0 Å². The van der Waals surface area contributed by atoms with Gasteiger partial charge in [-0.05, 0) is 37.1 Å². The lowest BCUT2D eigenvalue weighted by Crippen LogP contribution is -2.53. The van der Waals surface area contributed by atoms with Crippen LogP contribution in [0.2, 0.25) is 5.02 Å². The first-order valence-corrected chi connectivity index (χ1v) is 10.1. The number of rotatable bonds is 3. The van der Waals surface area contributed by atoms with E-state index in [1.807, 2.05) is 37.3 Å². The lowest BCUT2D eigenvalue weighted by molar-refractivity contribution is -0.142. The molecule has 0 aromatic heterocycles. The van der Waals surface area contributed by atoms with Crippen LogP contribution in [0.15, 0.2) is 48.5 Å². The predicted octanol–water partition coefficient (Wildman–Crippen LogP) is 2.32. The van der Waals surface area contributed by atoms with Crippen LogP contribution >= 0.6 is 11.6 Å². The topological polar surface area (TPSA) is 78.5 Å². The maximum Gasteiger partial charge on any atom is 0.250 e. The number of benzene rings is 2. The van der Waals surface area contributed by atoms with Crippen LogP contribution in [0.25, 0.3) is 0 Å². The van der Waals surface area contributed by atoms with Crippen molar-refractivity contribution >= 4 is 35.0 Å². The molecule has 2 N–H and O–H groups in total. The molecule has 3 heterocycles. The van der Waals surface area contributed by atoms with Gasteiger partial charge in [-0.1, -0.05) is 41.9 Å². The molecule has 5 rings (SSSR count). The summed E-state index contributed by atoms with van der Waals surface area (Å²) in [5.41, 5.74) is 1.06. The molecule has 3 aliphatic rings. The Labute approximate surface area is 173 Å². The number of imide groups is 1. The van der Waals surface area contributed by atoms with E-state index < -0.39 is 17.4 Å². The predicted molar refractivity (Wildman–Crippen MR) is 108 cm³/mol. The highest BCUT2D eigenvalue weighted by Crippen LogP contribution is 2.53. The molecule has 29 heavy (non-hydrogen) atoms. The molecule has 2 saturated heterocycles. The molecule has 1 spiro atoms. The summed E-state index contributed by atoms with van der Waals surface area (Å²) >= 11 is 6.19. The third-order valence-electron chi connectivity index (χ3n) is 6.38. The third-order valence-corrected chi connectivity index (χ3v) is 6.62. The van der Waals surface area contributed by atoms with Gasteiger partial charge in [0.15, 0.2) is 0 Å². The highest BCUT2D eigenvalue weighted by Gasteiger charge is 2.69. The highest BCUT2D eigenvalue weighted by atomic mass is 35.5. The number of carbonyl (C=O) groups is 3. The normalized spacial score (nSPS) is 30.1. The van der Waals surface area contributed by atoms with Gasteiger partial charge in [-0.25, -0.2) is 0 Å². The fourth-order valence-electron chi connectivity index (χ4n) is 5.10. The summed E-state index contributed by atoms with van der Waals surface area (Å²) in [4.78, 5) is 41.0. The Balaban J connectivity index is 1.52. The Morgan fingerprint density at radius 3 is 2.59 bits per heavy atom. The van der Waals surface area contributed by atoms with Gasteiger partial charge >= 0.3 is 0 Å².